The molecule has 0 saturated carbocycles. The van der Waals surface area contributed by atoms with Crippen LogP contribution in [0.4, 0.5) is 21.8 Å². The van der Waals surface area contributed by atoms with Gasteiger partial charge in [-0.2, -0.15) is 4.98 Å². The molecule has 9 nitrogen and oxygen atoms in total. The van der Waals surface area contributed by atoms with Crippen LogP contribution in [0, 0.1) is 5.82 Å². The van der Waals surface area contributed by atoms with Crippen LogP contribution in [0.15, 0.2) is 43.1 Å². The Morgan fingerprint density at radius 2 is 1.88 bits per heavy atom. The van der Waals surface area contributed by atoms with Crippen LogP contribution >= 0.6 is 11.6 Å². The molecule has 1 aliphatic rings. The van der Waals surface area contributed by atoms with E-state index >= 15 is 0 Å². The topological polar surface area (TPSA) is 113 Å². The van der Waals surface area contributed by atoms with E-state index in [0.29, 0.717) is 43.6 Å². The van der Waals surface area contributed by atoms with Crippen molar-refractivity contribution in [1.82, 2.24) is 24.8 Å². The highest BCUT2D eigenvalue weighted by Gasteiger charge is 2.21. The van der Waals surface area contributed by atoms with Crippen LogP contribution < -0.4 is 10.6 Å². The molecule has 2 N–H and O–H groups in total. The Bertz CT molecular complexity index is 1180. The van der Waals surface area contributed by atoms with Gasteiger partial charge in [-0.15, -0.1) is 0 Å². The molecular formula is C20H21ClFN7O2S. The van der Waals surface area contributed by atoms with E-state index in [1.807, 2.05) is 0 Å². The average molecular weight is 478 g/mol. The maximum absolute atomic E-state index is 13.4. The molecular weight excluding hydrogens is 457 g/mol. The van der Waals surface area contributed by atoms with Crippen LogP contribution in [0.25, 0.3) is 11.1 Å². The summed E-state index contributed by atoms with van der Waals surface area (Å²) >= 11 is 5.85. The Morgan fingerprint density at radius 3 is 2.59 bits per heavy atom. The van der Waals surface area contributed by atoms with Crippen molar-refractivity contribution in [2.75, 3.05) is 48.3 Å². The predicted octanol–water partition coefficient (Wildman–Crippen LogP) is 2.61. The van der Waals surface area contributed by atoms with Crippen molar-refractivity contribution >= 4 is 38.9 Å². The van der Waals surface area contributed by atoms with Crippen LogP contribution in [0.1, 0.15) is 0 Å². The van der Waals surface area contributed by atoms with Gasteiger partial charge in [-0.3, -0.25) is 4.90 Å². The molecule has 168 valence electrons. The minimum Gasteiger partial charge on any atom is -0.368 e. The van der Waals surface area contributed by atoms with Crippen LogP contribution in [-0.4, -0.2) is 70.9 Å². The molecule has 0 spiro atoms. The smallest absolute Gasteiger partial charge is 0.229 e. The highest BCUT2D eigenvalue weighted by molar-refractivity contribution is 7.91. The second kappa shape index (κ2) is 9.72. The Hall–Kier alpha value is -2.89. The van der Waals surface area contributed by atoms with E-state index in [0.717, 1.165) is 11.1 Å². The molecule has 0 aliphatic carbocycles. The first-order valence-corrected chi connectivity index (χ1v) is 12.1. The molecule has 12 heteroatoms. The van der Waals surface area contributed by atoms with E-state index in [9.17, 15) is 12.8 Å². The van der Waals surface area contributed by atoms with Crippen LogP contribution in [0.3, 0.4) is 0 Å². The number of anilines is 3. The molecule has 1 aromatic carbocycles. The molecule has 0 unspecified atom stereocenters. The monoisotopic (exact) mass is 477 g/mol. The van der Waals surface area contributed by atoms with Gasteiger partial charge in [0.25, 0.3) is 0 Å². The van der Waals surface area contributed by atoms with E-state index in [4.69, 9.17) is 11.6 Å². The number of aromatic nitrogens is 4. The third-order valence-corrected chi connectivity index (χ3v) is 6.89. The zero-order valence-corrected chi connectivity index (χ0v) is 18.6. The van der Waals surface area contributed by atoms with E-state index < -0.39 is 15.7 Å². The molecule has 2 aromatic heterocycles. The average Bonchev–Trinajstić information content (AvgIpc) is 2.78. The summed E-state index contributed by atoms with van der Waals surface area (Å²) in [6.45, 7) is 2.26. The first kappa shape index (κ1) is 22.3. The number of sulfone groups is 1. The van der Waals surface area contributed by atoms with Crippen molar-refractivity contribution in [3.63, 3.8) is 0 Å². The van der Waals surface area contributed by atoms with Gasteiger partial charge in [-0.05, 0) is 18.2 Å². The summed E-state index contributed by atoms with van der Waals surface area (Å²) in [6.07, 6.45) is 6.42. The fraction of sp³-hybridized carbons (Fsp3) is 0.300. The summed E-state index contributed by atoms with van der Waals surface area (Å²) in [5, 5.41) is 6.32. The number of hydrogen-bond acceptors (Lipinski definition) is 9. The molecule has 0 amide bonds. The second-order valence-corrected chi connectivity index (χ2v) is 9.97. The molecule has 3 heterocycles. The summed E-state index contributed by atoms with van der Waals surface area (Å²) in [5.41, 5.74) is 2.01. The van der Waals surface area contributed by atoms with Crippen LogP contribution in [0.2, 0.25) is 5.02 Å². The maximum Gasteiger partial charge on any atom is 0.229 e. The number of rotatable bonds is 7. The largest absolute Gasteiger partial charge is 0.368 e. The van der Waals surface area contributed by atoms with Crippen molar-refractivity contribution in [3.05, 3.63) is 54.0 Å². The highest BCUT2D eigenvalue weighted by Crippen LogP contribution is 2.27. The molecule has 32 heavy (non-hydrogen) atoms. The first-order chi connectivity index (χ1) is 15.4. The van der Waals surface area contributed by atoms with Gasteiger partial charge in [-0.25, -0.2) is 27.8 Å². The van der Waals surface area contributed by atoms with Gasteiger partial charge in [0.15, 0.2) is 9.84 Å². The third kappa shape index (κ3) is 5.67. The quantitative estimate of drug-likeness (QED) is 0.530. The van der Waals surface area contributed by atoms with Crippen molar-refractivity contribution in [1.29, 1.82) is 0 Å². The molecule has 1 aliphatic heterocycles. The molecule has 0 bridgehead atoms. The maximum atomic E-state index is 13.4. The molecule has 1 saturated heterocycles. The highest BCUT2D eigenvalue weighted by atomic mass is 35.5. The van der Waals surface area contributed by atoms with Crippen molar-refractivity contribution < 1.29 is 12.8 Å². The third-order valence-electron chi connectivity index (χ3n) is 4.99. The Balaban J connectivity index is 1.50. The van der Waals surface area contributed by atoms with Gasteiger partial charge in [0.2, 0.25) is 5.95 Å². The minimum atomic E-state index is -2.91. The number of halogens is 2. The summed E-state index contributed by atoms with van der Waals surface area (Å²) < 4.78 is 36.7. The molecule has 3 aromatic rings. The van der Waals surface area contributed by atoms with Gasteiger partial charge in [-0.1, -0.05) is 11.6 Å². The van der Waals surface area contributed by atoms with Gasteiger partial charge in [0, 0.05) is 61.6 Å². The molecule has 1 fully saturated rings. The minimum absolute atomic E-state index is 0.00468. The van der Waals surface area contributed by atoms with E-state index in [-0.39, 0.29) is 16.5 Å². The SMILES string of the molecule is O=S1(=O)CCN(CCNc2nc(Nc3ccc(F)c(Cl)c3)ncc2-c2cncnc2)CC1. The van der Waals surface area contributed by atoms with Crippen molar-refractivity contribution in [2.24, 2.45) is 0 Å². The summed E-state index contributed by atoms with van der Waals surface area (Å²) in [7, 11) is -2.91. The predicted molar refractivity (Wildman–Crippen MR) is 121 cm³/mol. The normalized spacial score (nSPS) is 15.9. The van der Waals surface area contributed by atoms with Crippen LogP contribution in [0.5, 0.6) is 0 Å². The lowest BCUT2D eigenvalue weighted by Crippen LogP contribution is -2.42. The lowest BCUT2D eigenvalue weighted by atomic mass is 10.1. The van der Waals surface area contributed by atoms with E-state index in [1.54, 1.807) is 24.7 Å². The Kier molecular flexibility index (Phi) is 6.77. The standard InChI is InChI=1S/C20H21ClFN7O2S/c21-17-9-15(1-2-18(17)22)27-20-26-12-16(14-10-23-13-24-11-14)19(28-20)25-3-4-29-5-7-32(30,31)8-6-29/h1-2,9-13H,3-8H2,(H2,25,26,27,28). The van der Waals surface area contributed by atoms with Gasteiger partial charge in [0.05, 0.1) is 16.5 Å². The molecule has 0 atom stereocenters. The summed E-state index contributed by atoms with van der Waals surface area (Å²) in [6, 6.07) is 4.26. The number of nitrogens with one attached hydrogen (secondary N) is 2. The number of nitrogens with zero attached hydrogens (tertiary/aromatic N) is 5. The number of hydrogen-bond donors (Lipinski definition) is 2. The van der Waals surface area contributed by atoms with Crippen molar-refractivity contribution in [2.45, 2.75) is 0 Å². The fourth-order valence-corrected chi connectivity index (χ4v) is 4.69. The Morgan fingerprint density at radius 1 is 1.12 bits per heavy atom. The number of benzene rings is 1. The van der Waals surface area contributed by atoms with Gasteiger partial charge >= 0.3 is 0 Å². The first-order valence-electron chi connectivity index (χ1n) is 9.91. The van der Waals surface area contributed by atoms with E-state index in [2.05, 4.69) is 35.5 Å². The van der Waals surface area contributed by atoms with Crippen molar-refractivity contribution in [3.8, 4) is 11.1 Å². The zero-order valence-electron chi connectivity index (χ0n) is 17.0. The summed E-state index contributed by atoms with van der Waals surface area (Å²) in [4.78, 5) is 19.1. The Labute approximate surface area is 190 Å². The zero-order chi connectivity index (χ0) is 22.6. The second-order valence-electron chi connectivity index (χ2n) is 7.26. The molecule has 0 radical (unpaired) electrons. The van der Waals surface area contributed by atoms with E-state index in [1.165, 1.54) is 18.5 Å². The molecule has 4 rings (SSSR count). The summed E-state index contributed by atoms with van der Waals surface area (Å²) in [5.74, 6) is 0.725. The lowest BCUT2D eigenvalue weighted by molar-refractivity contribution is 0.307. The fourth-order valence-electron chi connectivity index (χ4n) is 3.24. The lowest BCUT2D eigenvalue weighted by Gasteiger charge is -2.26. The van der Waals surface area contributed by atoms with Gasteiger partial charge < -0.3 is 10.6 Å². The van der Waals surface area contributed by atoms with Crippen LogP contribution in [-0.2, 0) is 9.84 Å². The van der Waals surface area contributed by atoms with Gasteiger partial charge in [0.1, 0.15) is 18.0 Å².